The molecule has 0 amide bonds. The van der Waals surface area contributed by atoms with Gasteiger partial charge in [-0.25, -0.2) is 18.1 Å². The highest BCUT2D eigenvalue weighted by Gasteiger charge is 2.26. The van der Waals surface area contributed by atoms with Crippen molar-refractivity contribution in [2.24, 2.45) is 10.1 Å². The Kier molecular flexibility index (Phi) is 7.15. The van der Waals surface area contributed by atoms with Crippen LogP contribution in [-0.4, -0.2) is 54.3 Å². The fourth-order valence-electron chi connectivity index (χ4n) is 4.82. The molecular formula is C28H25N5O5S2. The summed E-state index contributed by atoms with van der Waals surface area (Å²) in [6.45, 7) is 1.41. The standard InChI is InChI=1S/C28H25N5O5S2/c34-33(35)23-6-3-5-21(18-23)27-19-39-28(32(27)30-26-13-8-20-4-1-2-7-25(20)26)29-22-9-11-24(12-10-22)40(36,37)31-14-16-38-17-15-31/h1-7,9-12,18-19H,8,13-17H2. The van der Waals surface area contributed by atoms with Crippen LogP contribution in [0.1, 0.15) is 17.5 Å². The fourth-order valence-corrected chi connectivity index (χ4v) is 7.08. The van der Waals surface area contributed by atoms with E-state index in [1.807, 2.05) is 29.6 Å². The van der Waals surface area contributed by atoms with Gasteiger partial charge in [0, 0.05) is 41.7 Å². The molecule has 0 unspecified atom stereocenters. The lowest BCUT2D eigenvalue weighted by Crippen LogP contribution is -2.40. The predicted molar refractivity (Wildman–Crippen MR) is 152 cm³/mol. The lowest BCUT2D eigenvalue weighted by molar-refractivity contribution is -0.384. The minimum atomic E-state index is -3.61. The molecule has 0 radical (unpaired) electrons. The Balaban J connectivity index is 1.42. The fraction of sp³-hybridized carbons (Fsp3) is 0.214. The maximum Gasteiger partial charge on any atom is 0.270 e. The summed E-state index contributed by atoms with van der Waals surface area (Å²) in [5.74, 6) is 0. The number of morpholine rings is 1. The second-order valence-corrected chi connectivity index (χ2v) is 12.1. The Morgan fingerprint density at radius 1 is 0.950 bits per heavy atom. The molecule has 204 valence electrons. The molecule has 1 fully saturated rings. The lowest BCUT2D eigenvalue weighted by Gasteiger charge is -2.26. The number of benzene rings is 3. The number of aryl methyl sites for hydroxylation is 1. The molecule has 0 saturated carbocycles. The van der Waals surface area contributed by atoms with Crippen LogP contribution in [0.15, 0.2) is 93.2 Å². The van der Waals surface area contributed by atoms with Crippen molar-refractivity contribution in [1.29, 1.82) is 0 Å². The molecule has 10 nitrogen and oxygen atoms in total. The first-order chi connectivity index (χ1) is 19.4. The Bertz CT molecular complexity index is 1790. The van der Waals surface area contributed by atoms with E-state index < -0.39 is 14.9 Å². The highest BCUT2D eigenvalue weighted by Crippen LogP contribution is 2.28. The van der Waals surface area contributed by atoms with Crippen molar-refractivity contribution in [3.8, 4) is 11.3 Å². The normalized spacial score (nSPS) is 17.3. The van der Waals surface area contributed by atoms with Gasteiger partial charge in [0.25, 0.3) is 5.69 Å². The summed E-state index contributed by atoms with van der Waals surface area (Å²) in [5, 5.41) is 18.3. The van der Waals surface area contributed by atoms with Crippen molar-refractivity contribution in [3.05, 3.63) is 104 Å². The number of sulfonamides is 1. The van der Waals surface area contributed by atoms with E-state index in [0.717, 1.165) is 24.1 Å². The van der Waals surface area contributed by atoms with Crippen molar-refractivity contribution < 1.29 is 18.1 Å². The van der Waals surface area contributed by atoms with Gasteiger partial charge in [-0.05, 0) is 42.7 Å². The van der Waals surface area contributed by atoms with Gasteiger partial charge in [-0.3, -0.25) is 10.1 Å². The van der Waals surface area contributed by atoms with Crippen molar-refractivity contribution in [1.82, 2.24) is 8.98 Å². The van der Waals surface area contributed by atoms with Crippen LogP contribution in [0.25, 0.3) is 11.3 Å². The first-order valence-electron chi connectivity index (χ1n) is 12.7. The summed E-state index contributed by atoms with van der Waals surface area (Å²) >= 11 is 1.36. The molecule has 2 heterocycles. The number of fused-ring (bicyclic) bond motifs is 1. The summed E-state index contributed by atoms with van der Waals surface area (Å²) < 4.78 is 34.5. The average Bonchev–Trinajstić information content (AvgIpc) is 3.58. The van der Waals surface area contributed by atoms with Gasteiger partial charge >= 0.3 is 0 Å². The lowest BCUT2D eigenvalue weighted by atomic mass is 10.1. The largest absolute Gasteiger partial charge is 0.379 e. The van der Waals surface area contributed by atoms with Crippen LogP contribution in [0.5, 0.6) is 0 Å². The molecule has 1 saturated heterocycles. The topological polar surface area (TPSA) is 119 Å². The molecule has 12 heteroatoms. The number of hydrogen-bond donors (Lipinski definition) is 0. The van der Waals surface area contributed by atoms with E-state index in [9.17, 15) is 18.5 Å². The van der Waals surface area contributed by atoms with Gasteiger partial charge in [0.1, 0.15) is 0 Å². The highest BCUT2D eigenvalue weighted by atomic mass is 32.2. The summed E-state index contributed by atoms with van der Waals surface area (Å²) in [6, 6.07) is 21.0. The Hall–Kier alpha value is -3.97. The van der Waals surface area contributed by atoms with Crippen LogP contribution < -0.4 is 4.80 Å². The molecule has 6 rings (SSSR count). The van der Waals surface area contributed by atoms with Gasteiger partial charge in [0.2, 0.25) is 14.8 Å². The maximum atomic E-state index is 13.0. The van der Waals surface area contributed by atoms with Crippen molar-refractivity contribution in [2.75, 3.05) is 26.3 Å². The third-order valence-corrected chi connectivity index (χ3v) is 9.62. The molecule has 4 aromatic rings. The van der Waals surface area contributed by atoms with Crippen LogP contribution in [0, 0.1) is 10.1 Å². The van der Waals surface area contributed by atoms with Crippen molar-refractivity contribution in [3.63, 3.8) is 0 Å². The molecule has 0 bridgehead atoms. The zero-order valence-electron chi connectivity index (χ0n) is 21.3. The van der Waals surface area contributed by atoms with E-state index in [2.05, 4.69) is 6.07 Å². The molecular weight excluding hydrogens is 550 g/mol. The maximum absolute atomic E-state index is 13.0. The first-order valence-corrected chi connectivity index (χ1v) is 15.1. The minimum Gasteiger partial charge on any atom is -0.379 e. The number of nitro benzene ring substituents is 1. The van der Waals surface area contributed by atoms with Gasteiger partial charge in [0.05, 0.1) is 40.1 Å². The van der Waals surface area contributed by atoms with Gasteiger partial charge in [-0.2, -0.15) is 9.41 Å². The van der Waals surface area contributed by atoms with E-state index in [4.69, 9.17) is 14.8 Å². The third-order valence-electron chi connectivity index (χ3n) is 6.89. The zero-order chi connectivity index (χ0) is 27.7. The average molecular weight is 576 g/mol. The van der Waals surface area contributed by atoms with Crippen LogP contribution in [-0.2, 0) is 21.2 Å². The Labute approximate surface area is 234 Å². The molecule has 2 aliphatic rings. The van der Waals surface area contributed by atoms with Gasteiger partial charge in [-0.15, -0.1) is 11.3 Å². The summed E-state index contributed by atoms with van der Waals surface area (Å²) in [4.78, 5) is 16.6. The van der Waals surface area contributed by atoms with E-state index in [0.29, 0.717) is 48.0 Å². The van der Waals surface area contributed by atoms with Gasteiger partial charge < -0.3 is 4.74 Å². The van der Waals surface area contributed by atoms with Crippen LogP contribution in [0.3, 0.4) is 0 Å². The van der Waals surface area contributed by atoms with Crippen LogP contribution >= 0.6 is 11.3 Å². The van der Waals surface area contributed by atoms with E-state index in [-0.39, 0.29) is 10.6 Å². The molecule has 0 spiro atoms. The van der Waals surface area contributed by atoms with E-state index in [1.54, 1.807) is 35.0 Å². The number of non-ortho nitro benzene ring substituents is 1. The summed E-state index contributed by atoms with van der Waals surface area (Å²) in [6.07, 6.45) is 1.65. The molecule has 3 aromatic carbocycles. The molecule has 0 N–H and O–H groups in total. The van der Waals surface area contributed by atoms with E-state index in [1.165, 1.54) is 33.3 Å². The molecule has 1 aliphatic heterocycles. The second kappa shape index (κ2) is 10.9. The minimum absolute atomic E-state index is 0.00956. The Morgan fingerprint density at radius 2 is 1.73 bits per heavy atom. The summed E-state index contributed by atoms with van der Waals surface area (Å²) in [7, 11) is -3.61. The van der Waals surface area contributed by atoms with E-state index >= 15 is 0 Å². The van der Waals surface area contributed by atoms with Crippen molar-refractivity contribution in [2.45, 2.75) is 17.7 Å². The van der Waals surface area contributed by atoms with Crippen LogP contribution in [0.2, 0.25) is 0 Å². The Morgan fingerprint density at radius 3 is 2.50 bits per heavy atom. The quantitative estimate of drug-likeness (QED) is 0.246. The SMILES string of the molecule is O=[N+]([O-])c1cccc(-c2csc(=Nc3ccc(S(=O)(=O)N4CCOCC4)cc3)n2N=C2CCc3ccccc32)c1. The number of hydrogen-bond acceptors (Lipinski definition) is 8. The molecule has 0 atom stereocenters. The number of rotatable bonds is 6. The highest BCUT2D eigenvalue weighted by molar-refractivity contribution is 7.89. The predicted octanol–water partition coefficient (Wildman–Crippen LogP) is 4.58. The number of thiazole rings is 1. The zero-order valence-corrected chi connectivity index (χ0v) is 23.0. The van der Waals surface area contributed by atoms with Gasteiger partial charge in [-0.1, -0.05) is 36.4 Å². The monoisotopic (exact) mass is 575 g/mol. The third kappa shape index (κ3) is 5.13. The second-order valence-electron chi connectivity index (χ2n) is 9.35. The van der Waals surface area contributed by atoms with Crippen molar-refractivity contribution >= 4 is 38.4 Å². The smallest absolute Gasteiger partial charge is 0.270 e. The number of aromatic nitrogens is 1. The first kappa shape index (κ1) is 26.3. The molecule has 40 heavy (non-hydrogen) atoms. The number of nitro groups is 1. The summed E-state index contributed by atoms with van der Waals surface area (Å²) in [5.41, 5.74) is 5.09. The van der Waals surface area contributed by atoms with Gasteiger partial charge in [0.15, 0.2) is 0 Å². The number of ether oxygens (including phenoxy) is 1. The number of nitrogens with zero attached hydrogens (tertiary/aromatic N) is 5. The molecule has 1 aromatic heterocycles. The molecule has 1 aliphatic carbocycles. The van der Waals surface area contributed by atoms with Crippen LogP contribution in [0.4, 0.5) is 11.4 Å².